The van der Waals surface area contributed by atoms with E-state index in [1.165, 1.54) is 12.1 Å². The molecule has 4 rings (SSSR count). The van der Waals surface area contributed by atoms with Gasteiger partial charge in [0.2, 0.25) is 0 Å². The molecule has 0 amide bonds. The summed E-state index contributed by atoms with van der Waals surface area (Å²) < 4.78 is 1.86. The van der Waals surface area contributed by atoms with Crippen molar-refractivity contribution < 1.29 is 10.1 Å². The molecule has 3 unspecified atom stereocenters. The van der Waals surface area contributed by atoms with E-state index in [-0.39, 0.29) is 11.7 Å². The predicted octanol–water partition coefficient (Wildman–Crippen LogP) is 2.75. The third-order valence-corrected chi connectivity index (χ3v) is 4.81. The summed E-state index contributed by atoms with van der Waals surface area (Å²) in [6.45, 7) is 0. The largest absolute Gasteiger partial charge is 0.411 e. The summed E-state index contributed by atoms with van der Waals surface area (Å²) in [6.07, 6.45) is 4.87. The summed E-state index contributed by atoms with van der Waals surface area (Å²) >= 11 is 0. The first-order valence-electron chi connectivity index (χ1n) is 7.02. The number of non-ortho nitro benzene ring substituents is 1. The Morgan fingerprint density at radius 2 is 2.29 bits per heavy atom. The molecule has 7 heteroatoms. The maximum absolute atomic E-state index is 10.8. The van der Waals surface area contributed by atoms with Crippen molar-refractivity contribution in [3.05, 3.63) is 34.5 Å². The maximum Gasteiger partial charge on any atom is 0.270 e. The van der Waals surface area contributed by atoms with E-state index in [9.17, 15) is 15.3 Å². The first-order valence-corrected chi connectivity index (χ1v) is 7.02. The number of benzene rings is 1. The SMILES string of the molecule is O=[N+]([O-])c1ccc2c(cnn2C2C(=NO)C3CCC2C3)c1. The molecule has 0 radical (unpaired) electrons. The number of aromatic nitrogens is 2. The van der Waals surface area contributed by atoms with Crippen LogP contribution >= 0.6 is 0 Å². The summed E-state index contributed by atoms with van der Waals surface area (Å²) in [6, 6.07) is 4.72. The molecular weight excluding hydrogens is 272 g/mol. The fraction of sp³-hybridized carbons (Fsp3) is 0.429. The molecule has 2 aliphatic rings. The molecule has 2 saturated carbocycles. The van der Waals surface area contributed by atoms with E-state index >= 15 is 0 Å². The van der Waals surface area contributed by atoms with Gasteiger partial charge in [-0.25, -0.2) is 0 Å². The standard InChI is InChI=1S/C14H14N4O3/c19-16-13-8-1-2-9(5-8)14(13)17-12-4-3-11(18(20)21)6-10(12)7-15-17/h3-4,6-9,14,19H,1-2,5H2. The van der Waals surface area contributed by atoms with Crippen LogP contribution in [-0.4, -0.2) is 25.6 Å². The molecule has 21 heavy (non-hydrogen) atoms. The maximum atomic E-state index is 10.8. The molecule has 1 heterocycles. The summed E-state index contributed by atoms with van der Waals surface area (Å²) in [5.74, 6) is 0.793. The van der Waals surface area contributed by atoms with Crippen molar-refractivity contribution in [1.82, 2.24) is 9.78 Å². The Balaban J connectivity index is 1.82. The lowest BCUT2D eigenvalue weighted by molar-refractivity contribution is -0.384. The third kappa shape index (κ3) is 1.66. The van der Waals surface area contributed by atoms with Crippen LogP contribution in [0.2, 0.25) is 0 Å². The van der Waals surface area contributed by atoms with Gasteiger partial charge in [-0.15, -0.1) is 0 Å². The lowest BCUT2D eigenvalue weighted by Gasteiger charge is -2.23. The highest BCUT2D eigenvalue weighted by molar-refractivity contribution is 5.94. The predicted molar refractivity (Wildman–Crippen MR) is 75.5 cm³/mol. The minimum absolute atomic E-state index is 0.0206. The Kier molecular flexibility index (Phi) is 2.51. The lowest BCUT2D eigenvalue weighted by Crippen LogP contribution is -2.26. The van der Waals surface area contributed by atoms with E-state index in [0.717, 1.165) is 35.9 Å². The van der Waals surface area contributed by atoms with Gasteiger partial charge in [0.15, 0.2) is 0 Å². The number of nitro benzene ring substituents is 1. The van der Waals surface area contributed by atoms with Crippen LogP contribution in [0.15, 0.2) is 29.6 Å². The van der Waals surface area contributed by atoms with E-state index in [2.05, 4.69) is 10.3 Å². The minimum Gasteiger partial charge on any atom is -0.411 e. The minimum atomic E-state index is -0.408. The average molecular weight is 286 g/mol. The van der Waals surface area contributed by atoms with Crippen molar-refractivity contribution >= 4 is 22.3 Å². The molecule has 2 aliphatic carbocycles. The van der Waals surface area contributed by atoms with Crippen molar-refractivity contribution in [3.63, 3.8) is 0 Å². The molecule has 0 spiro atoms. The fourth-order valence-corrected chi connectivity index (χ4v) is 3.90. The van der Waals surface area contributed by atoms with Crippen molar-refractivity contribution in [2.24, 2.45) is 17.0 Å². The first kappa shape index (κ1) is 12.3. The van der Waals surface area contributed by atoms with E-state index in [1.807, 2.05) is 4.68 Å². The number of oxime groups is 1. The second kappa shape index (κ2) is 4.28. The Labute approximate surface area is 120 Å². The number of fused-ring (bicyclic) bond motifs is 3. The normalized spacial score (nSPS) is 29.5. The molecule has 0 aliphatic heterocycles. The van der Waals surface area contributed by atoms with Crippen LogP contribution in [-0.2, 0) is 0 Å². The number of hydrogen-bond donors (Lipinski definition) is 1. The molecule has 1 aromatic heterocycles. The molecule has 108 valence electrons. The molecular formula is C14H14N4O3. The van der Waals surface area contributed by atoms with Gasteiger partial charge in [0, 0.05) is 23.4 Å². The second-order valence-corrected chi connectivity index (χ2v) is 5.83. The molecule has 1 N–H and O–H groups in total. The molecule has 2 fully saturated rings. The van der Waals surface area contributed by atoms with Gasteiger partial charge >= 0.3 is 0 Å². The number of rotatable bonds is 2. The van der Waals surface area contributed by atoms with Gasteiger partial charge in [-0.3, -0.25) is 14.8 Å². The highest BCUT2D eigenvalue weighted by atomic mass is 16.6. The topological polar surface area (TPSA) is 93.5 Å². The Bertz CT molecular complexity index is 767. The van der Waals surface area contributed by atoms with Crippen LogP contribution in [0.25, 0.3) is 10.9 Å². The molecule has 3 atom stereocenters. The van der Waals surface area contributed by atoms with Gasteiger partial charge in [0.05, 0.1) is 28.4 Å². The van der Waals surface area contributed by atoms with Crippen molar-refractivity contribution in [1.29, 1.82) is 0 Å². The Hall–Kier alpha value is -2.44. The summed E-state index contributed by atoms with van der Waals surface area (Å²) in [7, 11) is 0. The smallest absolute Gasteiger partial charge is 0.270 e. The number of hydrogen-bond acceptors (Lipinski definition) is 5. The van der Waals surface area contributed by atoms with Crippen LogP contribution in [0.1, 0.15) is 25.3 Å². The first-order chi connectivity index (χ1) is 10.2. The van der Waals surface area contributed by atoms with Crippen LogP contribution < -0.4 is 0 Å². The van der Waals surface area contributed by atoms with Gasteiger partial charge < -0.3 is 5.21 Å². The van der Waals surface area contributed by atoms with Gasteiger partial charge in [0.1, 0.15) is 0 Å². The van der Waals surface area contributed by atoms with Gasteiger partial charge in [-0.05, 0) is 31.2 Å². The highest BCUT2D eigenvalue weighted by Crippen LogP contribution is 2.49. The van der Waals surface area contributed by atoms with Gasteiger partial charge in [-0.1, -0.05) is 5.16 Å². The zero-order valence-electron chi connectivity index (χ0n) is 11.2. The molecule has 0 saturated heterocycles. The summed E-state index contributed by atoms with van der Waals surface area (Å²) in [4.78, 5) is 10.4. The zero-order chi connectivity index (χ0) is 14.6. The average Bonchev–Trinajstić information content (AvgIpc) is 3.19. The van der Waals surface area contributed by atoms with Crippen molar-refractivity contribution in [3.8, 4) is 0 Å². The third-order valence-electron chi connectivity index (χ3n) is 4.81. The van der Waals surface area contributed by atoms with Gasteiger partial charge in [0.25, 0.3) is 5.69 Å². The molecule has 2 bridgehead atoms. The van der Waals surface area contributed by atoms with Crippen LogP contribution in [0.3, 0.4) is 0 Å². The quantitative estimate of drug-likeness (QED) is 0.521. The molecule has 2 aromatic rings. The molecule has 7 nitrogen and oxygen atoms in total. The van der Waals surface area contributed by atoms with Crippen molar-refractivity contribution in [2.45, 2.75) is 25.3 Å². The number of nitrogens with zero attached hydrogens (tertiary/aromatic N) is 4. The van der Waals surface area contributed by atoms with E-state index in [4.69, 9.17) is 0 Å². The van der Waals surface area contributed by atoms with Crippen LogP contribution in [0.5, 0.6) is 0 Å². The van der Waals surface area contributed by atoms with E-state index in [0.29, 0.717) is 11.8 Å². The van der Waals surface area contributed by atoms with Crippen molar-refractivity contribution in [2.75, 3.05) is 0 Å². The van der Waals surface area contributed by atoms with E-state index < -0.39 is 4.92 Å². The van der Waals surface area contributed by atoms with Crippen LogP contribution in [0, 0.1) is 22.0 Å². The van der Waals surface area contributed by atoms with E-state index in [1.54, 1.807) is 12.3 Å². The van der Waals surface area contributed by atoms with Crippen LogP contribution in [0.4, 0.5) is 5.69 Å². The second-order valence-electron chi connectivity index (χ2n) is 5.83. The molecule has 1 aromatic carbocycles. The van der Waals surface area contributed by atoms with Gasteiger partial charge in [-0.2, -0.15) is 5.10 Å². The lowest BCUT2D eigenvalue weighted by atomic mass is 9.93. The monoisotopic (exact) mass is 286 g/mol. The fourth-order valence-electron chi connectivity index (χ4n) is 3.90. The number of nitro groups is 1. The summed E-state index contributed by atoms with van der Waals surface area (Å²) in [5, 5.41) is 28.8. The summed E-state index contributed by atoms with van der Waals surface area (Å²) in [5.41, 5.74) is 1.71. The Morgan fingerprint density at radius 3 is 3.05 bits per heavy atom. The Morgan fingerprint density at radius 1 is 1.43 bits per heavy atom. The zero-order valence-corrected chi connectivity index (χ0v) is 11.2. The highest BCUT2D eigenvalue weighted by Gasteiger charge is 2.47.